The Hall–Kier alpha value is -0.673. The molecule has 1 aromatic carbocycles. The molecular formula is C31H53ClO2Si. The first-order valence-electron chi connectivity index (χ1n) is 14.2. The monoisotopic (exact) mass is 520 g/mol. The van der Waals surface area contributed by atoms with Gasteiger partial charge in [-0.2, -0.15) is 0 Å². The van der Waals surface area contributed by atoms with Gasteiger partial charge in [0.1, 0.15) is 17.1 Å². The Labute approximate surface area is 223 Å². The zero-order valence-electron chi connectivity index (χ0n) is 24.4. The van der Waals surface area contributed by atoms with E-state index in [1.54, 1.807) is 0 Å². The standard InChI is InChI=1S/C31H53ClO2Si/c1-22-15-16-25-24(19-22)28-26(33-31(25,7)8)20-23(30(5,6)17-13-11-12-14-18-32)21-27(28)34-35(9,10)29(2,3)4/h20-22,24-25H,11-19H2,1-10H3/t22-,24+,25+/m0/s1. The molecule has 1 aliphatic heterocycles. The van der Waals surface area contributed by atoms with E-state index in [9.17, 15) is 0 Å². The third-order valence-electron chi connectivity index (χ3n) is 9.49. The minimum atomic E-state index is -2.00. The normalized spacial score (nSPS) is 24.4. The van der Waals surface area contributed by atoms with E-state index in [1.165, 1.54) is 56.1 Å². The second kappa shape index (κ2) is 10.6. The third-order valence-corrected chi connectivity index (χ3v) is 14.1. The summed E-state index contributed by atoms with van der Waals surface area (Å²) in [4.78, 5) is 0. The molecule has 0 aromatic heterocycles. The molecule has 1 aromatic rings. The fourth-order valence-corrected chi connectivity index (χ4v) is 7.22. The van der Waals surface area contributed by atoms with Crippen molar-refractivity contribution in [3.05, 3.63) is 23.3 Å². The molecule has 0 unspecified atom stereocenters. The zero-order valence-corrected chi connectivity index (χ0v) is 26.2. The molecular weight excluding hydrogens is 468 g/mol. The van der Waals surface area contributed by atoms with Crippen molar-refractivity contribution in [2.45, 2.75) is 142 Å². The number of halogens is 1. The number of unbranched alkanes of at least 4 members (excludes halogenated alkanes) is 3. The van der Waals surface area contributed by atoms with Gasteiger partial charge < -0.3 is 9.16 Å². The number of hydrogen-bond donors (Lipinski definition) is 0. The largest absolute Gasteiger partial charge is 0.543 e. The van der Waals surface area contributed by atoms with Crippen LogP contribution in [0, 0.1) is 11.8 Å². The van der Waals surface area contributed by atoms with Crippen LogP contribution in [0.25, 0.3) is 0 Å². The average Bonchev–Trinajstić information content (AvgIpc) is 2.71. The lowest BCUT2D eigenvalue weighted by atomic mass is 9.64. The Morgan fingerprint density at radius 1 is 1.03 bits per heavy atom. The number of hydrogen-bond acceptors (Lipinski definition) is 2. The van der Waals surface area contributed by atoms with E-state index >= 15 is 0 Å². The van der Waals surface area contributed by atoms with Gasteiger partial charge in [0.25, 0.3) is 0 Å². The van der Waals surface area contributed by atoms with E-state index in [0.717, 1.165) is 29.7 Å². The number of fused-ring (bicyclic) bond motifs is 3. The quantitative estimate of drug-likeness (QED) is 0.183. The molecule has 3 rings (SSSR count). The summed E-state index contributed by atoms with van der Waals surface area (Å²) in [6.45, 7) is 23.6. The van der Waals surface area contributed by atoms with Crippen molar-refractivity contribution in [3.8, 4) is 11.5 Å². The minimum absolute atomic E-state index is 0.0751. The Bertz CT molecular complexity index is 867. The SMILES string of the molecule is C[C@H]1CC[C@@H]2[C@@H](C1)c1c(cc(C(C)(C)CCCCCCCl)cc1O[Si](C)(C)C(C)(C)C)OC2(C)C. The van der Waals surface area contributed by atoms with Crippen LogP contribution in [0.4, 0.5) is 0 Å². The summed E-state index contributed by atoms with van der Waals surface area (Å²) in [6, 6.07) is 4.79. The molecule has 2 nitrogen and oxygen atoms in total. The summed E-state index contributed by atoms with van der Waals surface area (Å²) in [6.07, 6.45) is 9.77. The fraction of sp³-hybridized carbons (Fsp3) is 0.806. The van der Waals surface area contributed by atoms with Crippen molar-refractivity contribution in [1.29, 1.82) is 0 Å². The maximum absolute atomic E-state index is 7.15. The van der Waals surface area contributed by atoms with Crippen LogP contribution in [0.15, 0.2) is 12.1 Å². The van der Waals surface area contributed by atoms with Crippen molar-refractivity contribution in [2.75, 3.05) is 5.88 Å². The molecule has 0 N–H and O–H groups in total. The van der Waals surface area contributed by atoms with Crippen molar-refractivity contribution in [3.63, 3.8) is 0 Å². The van der Waals surface area contributed by atoms with Crippen LogP contribution in [0.1, 0.15) is 124 Å². The van der Waals surface area contributed by atoms with Gasteiger partial charge in [0.15, 0.2) is 0 Å². The van der Waals surface area contributed by atoms with E-state index in [4.69, 9.17) is 20.8 Å². The van der Waals surface area contributed by atoms with E-state index in [-0.39, 0.29) is 16.1 Å². The summed E-state index contributed by atoms with van der Waals surface area (Å²) in [5, 5.41) is 0.155. The molecule has 1 fully saturated rings. The lowest BCUT2D eigenvalue weighted by molar-refractivity contribution is -0.0144. The van der Waals surface area contributed by atoms with Crippen LogP contribution in [-0.4, -0.2) is 19.8 Å². The van der Waals surface area contributed by atoms with Gasteiger partial charge >= 0.3 is 0 Å². The number of alkyl halides is 1. The first kappa shape index (κ1) is 28.9. The van der Waals surface area contributed by atoms with Crippen LogP contribution in [0.5, 0.6) is 11.5 Å². The van der Waals surface area contributed by atoms with Gasteiger partial charge in [0.05, 0.1) is 0 Å². The Kier molecular flexibility index (Phi) is 8.75. The highest BCUT2D eigenvalue weighted by Gasteiger charge is 2.48. The van der Waals surface area contributed by atoms with Gasteiger partial charge in [-0.3, -0.25) is 0 Å². The van der Waals surface area contributed by atoms with Gasteiger partial charge in [-0.05, 0) is 92.6 Å². The van der Waals surface area contributed by atoms with Crippen molar-refractivity contribution >= 4 is 19.9 Å². The predicted octanol–water partition coefficient (Wildman–Crippen LogP) is 10.2. The van der Waals surface area contributed by atoms with Crippen LogP contribution < -0.4 is 9.16 Å². The number of rotatable bonds is 9. The molecule has 3 atom stereocenters. The lowest BCUT2D eigenvalue weighted by Crippen LogP contribution is -2.48. The third kappa shape index (κ3) is 6.43. The minimum Gasteiger partial charge on any atom is -0.543 e. The summed E-state index contributed by atoms with van der Waals surface area (Å²) >= 11 is 5.89. The maximum Gasteiger partial charge on any atom is 0.250 e. The van der Waals surface area contributed by atoms with Crippen LogP contribution in [0.3, 0.4) is 0 Å². The Balaban J connectivity index is 2.06. The van der Waals surface area contributed by atoms with Crippen molar-refractivity contribution < 1.29 is 9.16 Å². The molecule has 1 aliphatic carbocycles. The zero-order chi connectivity index (χ0) is 26.2. The van der Waals surface area contributed by atoms with Gasteiger partial charge in [-0.25, -0.2) is 0 Å². The van der Waals surface area contributed by atoms with Crippen molar-refractivity contribution in [1.82, 2.24) is 0 Å². The topological polar surface area (TPSA) is 18.5 Å². The number of ether oxygens (including phenoxy) is 1. The molecule has 1 heterocycles. The predicted molar refractivity (Wildman–Crippen MR) is 155 cm³/mol. The second-order valence-corrected chi connectivity index (χ2v) is 19.4. The van der Waals surface area contributed by atoms with Gasteiger partial charge in [-0.1, -0.05) is 67.2 Å². The lowest BCUT2D eigenvalue weighted by Gasteiger charge is -2.50. The highest BCUT2D eigenvalue weighted by molar-refractivity contribution is 6.74. The van der Waals surface area contributed by atoms with Crippen LogP contribution >= 0.6 is 11.6 Å². The molecule has 0 spiro atoms. The number of benzene rings is 1. The van der Waals surface area contributed by atoms with Crippen LogP contribution in [0.2, 0.25) is 18.1 Å². The van der Waals surface area contributed by atoms with Gasteiger partial charge in [-0.15, -0.1) is 11.6 Å². The summed E-state index contributed by atoms with van der Waals surface area (Å²) in [5.41, 5.74) is 2.66. The Morgan fingerprint density at radius 2 is 1.69 bits per heavy atom. The fourth-order valence-electron chi connectivity index (χ4n) is 6.00. The van der Waals surface area contributed by atoms with E-state index < -0.39 is 8.32 Å². The molecule has 0 amide bonds. The first-order valence-corrected chi connectivity index (χ1v) is 17.7. The summed E-state index contributed by atoms with van der Waals surface area (Å²) < 4.78 is 14.0. The van der Waals surface area contributed by atoms with Gasteiger partial charge in [0, 0.05) is 17.4 Å². The van der Waals surface area contributed by atoms with E-state index in [1.807, 2.05) is 0 Å². The van der Waals surface area contributed by atoms with Crippen molar-refractivity contribution in [2.24, 2.45) is 11.8 Å². The van der Waals surface area contributed by atoms with Crippen LogP contribution in [-0.2, 0) is 5.41 Å². The van der Waals surface area contributed by atoms with Gasteiger partial charge in [0.2, 0.25) is 8.32 Å². The first-order chi connectivity index (χ1) is 16.1. The molecule has 200 valence electrons. The smallest absolute Gasteiger partial charge is 0.250 e. The molecule has 0 saturated heterocycles. The van der Waals surface area contributed by atoms with E-state index in [2.05, 4.69) is 80.6 Å². The second-order valence-electron chi connectivity index (χ2n) is 14.3. The van der Waals surface area contributed by atoms with E-state index in [0.29, 0.717) is 11.8 Å². The summed E-state index contributed by atoms with van der Waals surface area (Å²) in [7, 11) is -2.00. The average molecular weight is 521 g/mol. The Morgan fingerprint density at radius 3 is 2.31 bits per heavy atom. The molecule has 2 aliphatic rings. The summed E-state index contributed by atoms with van der Waals surface area (Å²) in [5.74, 6) is 4.81. The maximum atomic E-state index is 7.15. The molecule has 4 heteroatoms. The molecule has 35 heavy (non-hydrogen) atoms. The molecule has 0 bridgehead atoms. The molecule has 0 radical (unpaired) electrons. The molecule has 1 saturated carbocycles. The highest BCUT2D eigenvalue weighted by Crippen LogP contribution is 2.57. The highest BCUT2D eigenvalue weighted by atomic mass is 35.5.